The summed E-state index contributed by atoms with van der Waals surface area (Å²) in [6.45, 7) is 0. The van der Waals surface area contributed by atoms with Gasteiger partial charge in [0.05, 0.1) is 97.3 Å². The van der Waals surface area contributed by atoms with Crippen LogP contribution in [0.15, 0.2) is 206 Å². The normalized spacial score (nSPS) is 11.0. The Balaban J connectivity index is 1.10. The van der Waals surface area contributed by atoms with E-state index in [1.54, 1.807) is 6.20 Å². The summed E-state index contributed by atoms with van der Waals surface area (Å²) in [4.78, 5) is 5.17. The number of hydrogen-bond acceptors (Lipinski definition) is 6. The summed E-state index contributed by atoms with van der Waals surface area (Å²) in [7, 11) is 0. The van der Waals surface area contributed by atoms with Gasteiger partial charge in [-0.25, -0.2) is 0 Å². The van der Waals surface area contributed by atoms with E-state index < -0.39 is 0 Å². The minimum absolute atomic E-state index is 0.456. The molecule has 0 aliphatic carbocycles. The Labute approximate surface area is 413 Å². The quantitative estimate of drug-likeness (QED) is 0.156. The van der Waals surface area contributed by atoms with Crippen LogP contribution in [0.25, 0.3) is 111 Å². The van der Waals surface area contributed by atoms with Crippen molar-refractivity contribution < 1.29 is 0 Å². The van der Waals surface area contributed by atoms with Crippen molar-refractivity contribution >= 4 is 43.6 Å². The van der Waals surface area contributed by atoms with Crippen molar-refractivity contribution in [2.75, 3.05) is 0 Å². The fourth-order valence-electron chi connectivity index (χ4n) is 10.1. The third-order valence-corrected chi connectivity index (χ3v) is 13.6. The minimum atomic E-state index is 0.456. The van der Waals surface area contributed by atoms with Gasteiger partial charge in [0.25, 0.3) is 0 Å². The molecule has 12 aromatic rings. The maximum Gasteiger partial charge on any atom is 0.0999 e. The molecule has 12 rings (SSSR count). The number of aromatic nitrogens is 3. The number of nitrogens with zero attached hydrogens (tertiary/aromatic N) is 8. The highest BCUT2D eigenvalue weighted by Gasteiger charge is 2.24. The Morgan fingerprint density at radius 2 is 0.625 bits per heavy atom. The summed E-state index contributed by atoms with van der Waals surface area (Å²) < 4.78 is 4.46. The second-order valence-electron chi connectivity index (χ2n) is 17.5. The number of rotatable bonds is 7. The first kappa shape index (κ1) is 42.5. The van der Waals surface area contributed by atoms with E-state index in [1.165, 1.54) is 0 Å². The second kappa shape index (κ2) is 17.4. The van der Waals surface area contributed by atoms with Gasteiger partial charge in [-0.3, -0.25) is 4.98 Å². The molecule has 330 valence electrons. The summed E-state index contributed by atoms with van der Waals surface area (Å²) in [6.07, 6.45) is 1.77. The van der Waals surface area contributed by atoms with Crippen LogP contribution in [-0.2, 0) is 0 Å². The Hall–Kier alpha value is -10.8. The zero-order valence-corrected chi connectivity index (χ0v) is 38.2. The molecular formula is C64H34N8. The van der Waals surface area contributed by atoms with Gasteiger partial charge in [0.1, 0.15) is 0 Å². The molecule has 0 saturated carbocycles. The Kier molecular flexibility index (Phi) is 10.3. The van der Waals surface area contributed by atoms with Crippen LogP contribution in [0, 0.1) is 56.7 Å². The molecule has 0 spiro atoms. The third kappa shape index (κ3) is 7.08. The van der Waals surface area contributed by atoms with Crippen molar-refractivity contribution in [1.29, 1.82) is 26.3 Å². The smallest absolute Gasteiger partial charge is 0.0999 e. The molecule has 0 N–H and O–H groups in total. The van der Waals surface area contributed by atoms with Crippen LogP contribution < -0.4 is 0 Å². The summed E-state index contributed by atoms with van der Waals surface area (Å²) >= 11 is 0. The van der Waals surface area contributed by atoms with Gasteiger partial charge in [0.2, 0.25) is 0 Å². The molecule has 8 heteroatoms. The van der Waals surface area contributed by atoms with E-state index in [2.05, 4.69) is 124 Å². The van der Waals surface area contributed by atoms with E-state index in [4.69, 9.17) is 4.98 Å². The largest absolute Gasteiger partial charge is 0.309 e. The predicted octanol–water partition coefficient (Wildman–Crippen LogP) is 15.0. The van der Waals surface area contributed by atoms with E-state index in [1.807, 2.05) is 115 Å². The summed E-state index contributed by atoms with van der Waals surface area (Å²) in [6, 6.07) is 77.3. The maximum absolute atomic E-state index is 11.1. The number of pyridine rings is 1. The highest BCUT2D eigenvalue weighted by atomic mass is 15.0. The molecule has 72 heavy (non-hydrogen) atoms. The highest BCUT2D eigenvalue weighted by Crippen LogP contribution is 2.44. The number of fused-ring (bicyclic) bond motifs is 6. The molecule has 9 aromatic carbocycles. The summed E-state index contributed by atoms with van der Waals surface area (Å²) in [5.41, 5.74) is 17.3. The van der Waals surface area contributed by atoms with Crippen molar-refractivity contribution in [3.05, 3.63) is 234 Å². The van der Waals surface area contributed by atoms with E-state index in [9.17, 15) is 26.3 Å². The van der Waals surface area contributed by atoms with E-state index >= 15 is 0 Å². The molecule has 0 atom stereocenters. The molecule has 0 aliphatic rings. The average molecular weight is 915 g/mol. The number of benzene rings is 9. The fraction of sp³-hybridized carbons (Fsp3) is 0. The minimum Gasteiger partial charge on any atom is -0.309 e. The van der Waals surface area contributed by atoms with Gasteiger partial charge >= 0.3 is 0 Å². The van der Waals surface area contributed by atoms with Gasteiger partial charge in [-0.2, -0.15) is 26.3 Å². The van der Waals surface area contributed by atoms with Gasteiger partial charge in [-0.1, -0.05) is 78.9 Å². The monoisotopic (exact) mass is 914 g/mol. The van der Waals surface area contributed by atoms with Crippen molar-refractivity contribution in [1.82, 2.24) is 14.1 Å². The van der Waals surface area contributed by atoms with Crippen LogP contribution in [0.1, 0.15) is 27.8 Å². The molecule has 3 heterocycles. The van der Waals surface area contributed by atoms with Crippen LogP contribution in [0.5, 0.6) is 0 Å². The molecule has 0 bridgehead atoms. The molecule has 0 aliphatic heterocycles. The first-order chi connectivity index (χ1) is 35.4. The van der Waals surface area contributed by atoms with Gasteiger partial charge in [-0.15, -0.1) is 0 Å². The second-order valence-corrected chi connectivity index (χ2v) is 17.5. The molecule has 3 aromatic heterocycles. The lowest BCUT2D eigenvalue weighted by Gasteiger charge is -2.19. The van der Waals surface area contributed by atoms with Crippen LogP contribution in [0.4, 0.5) is 0 Å². The molecule has 8 nitrogen and oxygen atoms in total. The number of nitriles is 5. The SMILES string of the molecule is N#Cc1ccc(-c2ccc3c(c2)c2cc(-c4ccc(C#N)cc4)ccc2n3-c2cccnc2-c2c(C#N)cccc2-n2c3ccc(-c4ccc(C#N)cc4)cc3c3cc(-c4ccc(C#N)cc4)ccc32)cc1. The molecule has 0 saturated heterocycles. The first-order valence-corrected chi connectivity index (χ1v) is 23.1. The van der Waals surface area contributed by atoms with Gasteiger partial charge in [0, 0.05) is 33.3 Å². The van der Waals surface area contributed by atoms with Crippen LogP contribution in [-0.4, -0.2) is 14.1 Å². The predicted molar refractivity (Wildman–Crippen MR) is 284 cm³/mol. The third-order valence-electron chi connectivity index (χ3n) is 13.6. The Bertz CT molecular complexity index is 4180. The summed E-state index contributed by atoms with van der Waals surface area (Å²) in [5, 5.41) is 53.2. The highest BCUT2D eigenvalue weighted by molar-refractivity contribution is 6.14. The van der Waals surface area contributed by atoms with Gasteiger partial charge < -0.3 is 9.13 Å². The lowest BCUT2D eigenvalue weighted by molar-refractivity contribution is 1.13. The lowest BCUT2D eigenvalue weighted by Crippen LogP contribution is -2.04. The Morgan fingerprint density at radius 1 is 0.306 bits per heavy atom. The topological polar surface area (TPSA) is 142 Å². The maximum atomic E-state index is 11.1. The van der Waals surface area contributed by atoms with Crippen LogP contribution in [0.3, 0.4) is 0 Å². The first-order valence-electron chi connectivity index (χ1n) is 23.1. The standard InChI is InChI=1S/C64H34N8/c65-35-40-6-14-44(15-7-40)48-22-26-57-53(31-48)54-32-49(45-16-8-41(36-66)9-17-45)23-27-58(54)71(57)61-4-1-3-52(39-69)63(61)64-62(5-2-30-70-64)72-59-28-24-50(46-18-10-42(37-67)11-19-46)33-55(59)56-34-51(25-29-60(56)72)47-20-12-43(38-68)13-21-47/h1-34H. The zero-order chi connectivity index (χ0) is 48.9. The number of hydrogen-bond donors (Lipinski definition) is 0. The van der Waals surface area contributed by atoms with Crippen LogP contribution in [0.2, 0.25) is 0 Å². The molecule has 0 unspecified atom stereocenters. The lowest BCUT2D eigenvalue weighted by atomic mass is 9.99. The summed E-state index contributed by atoms with van der Waals surface area (Å²) in [5.74, 6) is 0. The van der Waals surface area contributed by atoms with E-state index in [-0.39, 0.29) is 0 Å². The Morgan fingerprint density at radius 3 is 0.958 bits per heavy atom. The molecule has 0 amide bonds. The van der Waals surface area contributed by atoms with E-state index in [0.29, 0.717) is 39.1 Å². The van der Waals surface area contributed by atoms with Crippen LogP contribution >= 0.6 is 0 Å². The van der Waals surface area contributed by atoms with Gasteiger partial charge in [-0.05, 0) is 166 Å². The fourth-order valence-corrected chi connectivity index (χ4v) is 10.1. The average Bonchev–Trinajstić information content (AvgIpc) is 3.96. The molecule has 0 fully saturated rings. The van der Waals surface area contributed by atoms with Gasteiger partial charge in [0.15, 0.2) is 0 Å². The van der Waals surface area contributed by atoms with Crippen molar-refractivity contribution in [2.24, 2.45) is 0 Å². The molecular weight excluding hydrogens is 881 g/mol. The van der Waals surface area contributed by atoms with Crippen molar-refractivity contribution in [2.45, 2.75) is 0 Å². The van der Waals surface area contributed by atoms with Crippen molar-refractivity contribution in [3.63, 3.8) is 0 Å². The molecule has 0 radical (unpaired) electrons. The van der Waals surface area contributed by atoms with Crippen molar-refractivity contribution in [3.8, 4) is 97.5 Å². The zero-order valence-electron chi connectivity index (χ0n) is 38.2. The van der Waals surface area contributed by atoms with E-state index in [0.717, 1.165) is 99.5 Å².